The number of fused-ring (bicyclic) bond motifs is 2. The Bertz CT molecular complexity index is 1720. The second kappa shape index (κ2) is 13.8. The molecule has 0 saturated carbocycles. The predicted molar refractivity (Wildman–Crippen MR) is 198 cm³/mol. The number of amides is 1. The van der Waals surface area contributed by atoms with Gasteiger partial charge in [-0.15, -0.1) is 0 Å². The molecule has 2 heterocycles. The van der Waals surface area contributed by atoms with Crippen LogP contribution in [0.1, 0.15) is 98.4 Å². The van der Waals surface area contributed by atoms with Crippen molar-refractivity contribution >= 4 is 36.7 Å². The van der Waals surface area contributed by atoms with Crippen LogP contribution in [0.25, 0.3) is 0 Å². The van der Waals surface area contributed by atoms with E-state index in [1.807, 2.05) is 44.2 Å². The minimum atomic E-state index is -5.20. The summed E-state index contributed by atoms with van der Waals surface area (Å²) in [6.07, 6.45) is -1.69. The van der Waals surface area contributed by atoms with Gasteiger partial charge in [-0.05, 0) is 0 Å². The monoisotopic (exact) mass is 707 g/mol. The van der Waals surface area contributed by atoms with Crippen molar-refractivity contribution in [2.45, 2.75) is 123 Å². The summed E-state index contributed by atoms with van der Waals surface area (Å²) in [6.45, 7) is 25.7. The number of nitrogens with zero attached hydrogens (tertiary/aromatic N) is 3. The van der Waals surface area contributed by atoms with Crippen LogP contribution in [0.5, 0.6) is 11.5 Å². The van der Waals surface area contributed by atoms with Crippen molar-refractivity contribution < 1.29 is 27.8 Å². The molecule has 2 aliphatic rings. The van der Waals surface area contributed by atoms with Crippen molar-refractivity contribution in [3.05, 3.63) is 76.9 Å². The van der Waals surface area contributed by atoms with Gasteiger partial charge in [0.05, 0.1) is 6.07 Å². The van der Waals surface area contributed by atoms with Gasteiger partial charge in [0.25, 0.3) is 0 Å². The Labute approximate surface area is 296 Å². The Hall–Kier alpha value is -3.93. The molecule has 0 atom stereocenters. The topological polar surface area (TPSA) is 103 Å². The summed E-state index contributed by atoms with van der Waals surface area (Å²) in [4.78, 5) is 16.1. The van der Waals surface area contributed by atoms with Crippen molar-refractivity contribution in [2.75, 3.05) is 0 Å². The number of carbonyl (C=O) groups excluding carboxylic acids is 1. The normalized spacial score (nSPS) is 16.8. The molecule has 0 N–H and O–H groups in total. The Balaban J connectivity index is 0.00000174. The fourth-order valence-electron chi connectivity index (χ4n) is 5.48. The van der Waals surface area contributed by atoms with Crippen molar-refractivity contribution in [2.24, 2.45) is 5.10 Å². The van der Waals surface area contributed by atoms with Gasteiger partial charge in [-0.25, -0.2) is 0 Å². The van der Waals surface area contributed by atoms with Gasteiger partial charge in [-0.2, -0.15) is 5.26 Å². The number of hydrogen-bond acceptors (Lipinski definition) is 9. The first-order valence-corrected chi connectivity index (χ1v) is 19.2. The first-order valence-electron chi connectivity index (χ1n) is 16.5. The summed E-state index contributed by atoms with van der Waals surface area (Å²) in [6, 6.07) is 19.6. The average Bonchev–Trinajstić information content (AvgIpc) is 3.29. The number of hydrazone groups is 1. The maximum absolute atomic E-state index is 14.4. The van der Waals surface area contributed by atoms with E-state index in [9.17, 15) is 4.79 Å². The van der Waals surface area contributed by atoms with E-state index in [1.165, 1.54) is 6.92 Å². The van der Waals surface area contributed by atoms with Crippen LogP contribution in [0.3, 0.4) is 0 Å². The Morgan fingerprint density at radius 3 is 1.71 bits per heavy atom. The van der Waals surface area contributed by atoms with E-state index in [2.05, 4.69) is 84.8 Å². The summed E-state index contributed by atoms with van der Waals surface area (Å²) in [5.74, 6) is 1.11. The van der Waals surface area contributed by atoms with E-state index in [1.54, 1.807) is 31.7 Å². The standard InChI is InChI=1S/C36H47N2O6PS.C2H3N/c1-22(2)40-33-37-38(34(39)41-23(3)4)45(44-33,26-16-14-13-15-17-26)42-31-27(35(7,8)9)18-24(5)20-29(31)46-30-21-25(6)19-28(32(30)43-45)36(10,11)12;1-2-3/h13-23H,1-12H3;1H3. The average molecular weight is 708 g/mol. The van der Waals surface area contributed by atoms with Gasteiger partial charge >= 0.3 is 279 Å². The van der Waals surface area contributed by atoms with Gasteiger partial charge in [-0.1, -0.05) is 0 Å². The van der Waals surface area contributed by atoms with E-state index in [0.717, 1.165) is 36.8 Å². The number of hydrogen-bond donors (Lipinski definition) is 0. The molecule has 9 nitrogen and oxygen atoms in total. The third kappa shape index (κ3) is 7.49. The molecule has 0 bridgehead atoms. The fraction of sp³-hybridized carbons (Fsp3) is 0.447. The molecule has 0 unspecified atom stereocenters. The van der Waals surface area contributed by atoms with Crippen molar-refractivity contribution in [3.8, 4) is 17.6 Å². The molecule has 0 fully saturated rings. The van der Waals surface area contributed by atoms with Crippen LogP contribution in [-0.4, -0.2) is 29.2 Å². The zero-order chi connectivity index (χ0) is 36.6. The molecule has 5 rings (SSSR count). The third-order valence-electron chi connectivity index (χ3n) is 7.51. The van der Waals surface area contributed by atoms with Crippen LogP contribution >= 0.6 is 19.2 Å². The Morgan fingerprint density at radius 1 is 0.837 bits per heavy atom. The molecule has 3 aromatic carbocycles. The molecule has 0 radical (unpaired) electrons. The Kier molecular flexibility index (Phi) is 10.6. The number of benzene rings is 3. The van der Waals surface area contributed by atoms with E-state index in [-0.39, 0.29) is 23.0 Å². The molecule has 2 aliphatic heterocycles. The van der Waals surface area contributed by atoms with Crippen LogP contribution in [0.2, 0.25) is 0 Å². The number of ether oxygens (including phenoxy) is 2. The van der Waals surface area contributed by atoms with Crippen LogP contribution in [0.4, 0.5) is 4.79 Å². The number of carbonyl (C=O) groups is 1. The van der Waals surface area contributed by atoms with E-state index in [0.29, 0.717) is 16.8 Å². The second-order valence-electron chi connectivity index (χ2n) is 14.8. The summed E-state index contributed by atoms with van der Waals surface area (Å²) in [5, 5.41) is 12.5. The summed E-state index contributed by atoms with van der Waals surface area (Å²) in [7, 11) is -5.20. The van der Waals surface area contributed by atoms with Gasteiger partial charge in [0.15, 0.2) is 0 Å². The molecular weight excluding hydrogens is 657 g/mol. The molecule has 0 aliphatic carbocycles. The molecule has 1 amide bonds. The summed E-state index contributed by atoms with van der Waals surface area (Å²) < 4.78 is 35.0. The van der Waals surface area contributed by atoms with Gasteiger partial charge < -0.3 is 0 Å². The maximum atomic E-state index is 14.4. The van der Waals surface area contributed by atoms with Crippen LogP contribution in [0, 0.1) is 25.2 Å². The second-order valence-corrected chi connectivity index (χ2v) is 19.0. The molecule has 11 heteroatoms. The van der Waals surface area contributed by atoms with E-state index in [4.69, 9.17) is 28.3 Å². The molecule has 264 valence electrons. The molecule has 1 spiro atoms. The molecule has 49 heavy (non-hydrogen) atoms. The van der Waals surface area contributed by atoms with Crippen LogP contribution in [-0.2, 0) is 24.8 Å². The molecule has 3 aromatic rings. The predicted octanol–water partition coefficient (Wildman–Crippen LogP) is 10.5. The van der Waals surface area contributed by atoms with Crippen LogP contribution < -0.4 is 14.4 Å². The van der Waals surface area contributed by atoms with Crippen molar-refractivity contribution in [3.63, 3.8) is 0 Å². The first kappa shape index (κ1) is 37.9. The van der Waals surface area contributed by atoms with E-state index < -0.39 is 19.6 Å². The number of aryl methyl sites for hydroxylation is 2. The number of rotatable bonds is 3. The van der Waals surface area contributed by atoms with Gasteiger partial charge in [-0.3, -0.25) is 0 Å². The Morgan fingerprint density at radius 2 is 1.31 bits per heavy atom. The third-order valence-corrected chi connectivity index (χ3v) is 12.1. The summed E-state index contributed by atoms with van der Waals surface area (Å²) in [5.41, 5.74) is 3.33. The minimum absolute atomic E-state index is 0.137. The van der Waals surface area contributed by atoms with Crippen LogP contribution in [0.15, 0.2) is 69.5 Å². The van der Waals surface area contributed by atoms with Gasteiger partial charge in [0, 0.05) is 6.92 Å². The van der Waals surface area contributed by atoms with Crippen molar-refractivity contribution in [1.82, 2.24) is 4.78 Å². The molecule has 0 aromatic heterocycles. The van der Waals surface area contributed by atoms with Crippen molar-refractivity contribution in [1.29, 1.82) is 5.26 Å². The van der Waals surface area contributed by atoms with Gasteiger partial charge in [0.2, 0.25) is 0 Å². The molecular formula is C38H50N3O6PS. The SMILES string of the molecule is CC#N.Cc1cc2c(c(C(C)(C)C)c1)OP1(c3ccccc3)(OC(OC(C)C)=NN1C(=O)OC(C)C)Oc1c(cc(C)cc1C(C)(C)C)S2. The fourth-order valence-corrected chi connectivity index (χ4v) is 10.3. The zero-order valence-electron chi connectivity index (χ0n) is 31.0. The quantitative estimate of drug-likeness (QED) is 0.248. The molecule has 0 saturated heterocycles. The van der Waals surface area contributed by atoms with Gasteiger partial charge in [0.1, 0.15) is 0 Å². The van der Waals surface area contributed by atoms with E-state index >= 15 is 0 Å². The first-order chi connectivity index (χ1) is 22.7. The number of nitriles is 1. The zero-order valence-corrected chi connectivity index (χ0v) is 32.7. The summed E-state index contributed by atoms with van der Waals surface area (Å²) >= 11 is 1.59.